The Kier molecular flexibility index (Phi) is 6.03. The standard InChI is InChI=1S/C18H19BN2O7S/c1-12-6-7-16(21(24)25)14(8-12)11-29(26,27)20-18(19(22)23)9-13-10-28-17-5-3-2-4-15(13)17/h2-8,10,18,20,22-23H,9,11H2,1H3/t18-/m0/s1. The molecule has 29 heavy (non-hydrogen) atoms. The molecule has 11 heteroatoms. The second-order valence-corrected chi connectivity index (χ2v) is 8.50. The number of aryl methyl sites for hydroxylation is 1. The maximum Gasteiger partial charge on any atom is 0.471 e. The van der Waals surface area contributed by atoms with Gasteiger partial charge in [0.2, 0.25) is 10.0 Å². The second kappa shape index (κ2) is 8.33. The minimum absolute atomic E-state index is 0.0161. The zero-order chi connectivity index (χ0) is 21.2. The van der Waals surface area contributed by atoms with Crippen LogP contribution in [-0.4, -0.2) is 36.4 Å². The number of nitrogens with zero attached hydrogens (tertiary/aromatic N) is 1. The molecule has 0 saturated carbocycles. The van der Waals surface area contributed by atoms with Crippen molar-refractivity contribution >= 4 is 33.8 Å². The first-order chi connectivity index (χ1) is 13.7. The molecular formula is C18H19BN2O7S. The van der Waals surface area contributed by atoms with Gasteiger partial charge in [0.15, 0.2) is 0 Å². The van der Waals surface area contributed by atoms with Crippen LogP contribution in [-0.2, 0) is 22.2 Å². The van der Waals surface area contributed by atoms with Crippen LogP contribution < -0.4 is 4.72 Å². The van der Waals surface area contributed by atoms with Crippen molar-refractivity contribution < 1.29 is 27.8 Å². The van der Waals surface area contributed by atoms with Crippen LogP contribution >= 0.6 is 0 Å². The predicted molar refractivity (Wildman–Crippen MR) is 107 cm³/mol. The summed E-state index contributed by atoms with van der Waals surface area (Å²) in [6.45, 7) is 1.69. The quantitative estimate of drug-likeness (QED) is 0.287. The fraction of sp³-hybridized carbons (Fsp3) is 0.222. The van der Waals surface area contributed by atoms with Crippen LogP contribution in [0.1, 0.15) is 16.7 Å². The Labute approximate surface area is 167 Å². The minimum atomic E-state index is -4.11. The van der Waals surface area contributed by atoms with Gasteiger partial charge in [0, 0.05) is 17.0 Å². The number of nitro benzene ring substituents is 1. The van der Waals surface area contributed by atoms with Gasteiger partial charge in [-0.05, 0) is 31.0 Å². The molecule has 1 aromatic heterocycles. The second-order valence-electron chi connectivity index (χ2n) is 6.75. The lowest BCUT2D eigenvalue weighted by Crippen LogP contribution is -2.48. The summed E-state index contributed by atoms with van der Waals surface area (Å²) < 4.78 is 32.9. The van der Waals surface area contributed by atoms with E-state index in [1.807, 2.05) is 0 Å². The number of nitro groups is 1. The first-order valence-corrected chi connectivity index (χ1v) is 10.4. The Morgan fingerprint density at radius 1 is 1.21 bits per heavy atom. The van der Waals surface area contributed by atoms with Gasteiger partial charge in [-0.25, -0.2) is 13.1 Å². The molecule has 3 rings (SSSR count). The van der Waals surface area contributed by atoms with Gasteiger partial charge in [-0.2, -0.15) is 0 Å². The van der Waals surface area contributed by atoms with Crippen molar-refractivity contribution in [2.45, 2.75) is 25.0 Å². The maximum absolute atomic E-state index is 12.6. The molecule has 0 aliphatic rings. The molecule has 0 spiro atoms. The van der Waals surface area contributed by atoms with Gasteiger partial charge >= 0.3 is 7.12 Å². The van der Waals surface area contributed by atoms with Crippen LogP contribution in [0, 0.1) is 17.0 Å². The monoisotopic (exact) mass is 418 g/mol. The summed E-state index contributed by atoms with van der Waals surface area (Å²) in [6, 6.07) is 11.3. The van der Waals surface area contributed by atoms with Crippen LogP contribution in [0.3, 0.4) is 0 Å². The SMILES string of the molecule is Cc1ccc([N+](=O)[O-])c(CS(=O)(=O)N[C@@H](Cc2coc3ccccc23)B(O)O)c1. The Morgan fingerprint density at radius 3 is 2.62 bits per heavy atom. The lowest BCUT2D eigenvalue weighted by atomic mass is 9.77. The predicted octanol–water partition coefficient (Wildman–Crippen LogP) is 1.69. The summed E-state index contributed by atoms with van der Waals surface area (Å²) in [5, 5.41) is 31.3. The summed E-state index contributed by atoms with van der Waals surface area (Å²) in [4.78, 5) is 10.5. The van der Waals surface area contributed by atoms with Crippen LogP contribution in [0.15, 0.2) is 53.1 Å². The van der Waals surface area contributed by atoms with Crippen LogP contribution in [0.5, 0.6) is 0 Å². The van der Waals surface area contributed by atoms with E-state index < -0.39 is 33.8 Å². The van der Waals surface area contributed by atoms with E-state index in [1.54, 1.807) is 31.2 Å². The summed E-state index contributed by atoms with van der Waals surface area (Å²) in [7, 11) is -6.09. The van der Waals surface area contributed by atoms with Gasteiger partial charge in [-0.1, -0.05) is 29.8 Å². The number of hydrogen-bond acceptors (Lipinski definition) is 7. The molecule has 1 atom stereocenters. The third-order valence-corrected chi connectivity index (χ3v) is 5.82. The first kappa shape index (κ1) is 21.0. The van der Waals surface area contributed by atoms with Crippen molar-refractivity contribution in [2.24, 2.45) is 0 Å². The van der Waals surface area contributed by atoms with E-state index in [1.165, 1.54) is 24.5 Å². The molecule has 0 amide bonds. The molecule has 0 aliphatic carbocycles. The van der Waals surface area contributed by atoms with Crippen molar-refractivity contribution in [2.75, 3.05) is 0 Å². The van der Waals surface area contributed by atoms with Crippen LogP contribution in [0.4, 0.5) is 5.69 Å². The molecule has 2 aromatic carbocycles. The topological polar surface area (TPSA) is 143 Å². The zero-order valence-corrected chi connectivity index (χ0v) is 16.3. The summed E-state index contributed by atoms with van der Waals surface area (Å²) in [6.07, 6.45) is 1.39. The maximum atomic E-state index is 12.6. The number of sulfonamides is 1. The van der Waals surface area contributed by atoms with Gasteiger partial charge < -0.3 is 14.5 Å². The number of para-hydroxylation sites is 1. The third kappa shape index (κ3) is 5.01. The molecule has 0 fully saturated rings. The van der Waals surface area contributed by atoms with Crippen molar-refractivity contribution in [3.05, 3.63) is 75.5 Å². The van der Waals surface area contributed by atoms with E-state index >= 15 is 0 Å². The van der Waals surface area contributed by atoms with Crippen LogP contribution in [0.25, 0.3) is 11.0 Å². The van der Waals surface area contributed by atoms with Crippen molar-refractivity contribution in [3.8, 4) is 0 Å². The fourth-order valence-electron chi connectivity index (χ4n) is 3.12. The van der Waals surface area contributed by atoms with Gasteiger partial charge in [0.25, 0.3) is 5.69 Å². The molecule has 152 valence electrons. The Hall–Kier alpha value is -2.73. The molecule has 0 aliphatic heterocycles. The van der Waals surface area contributed by atoms with Crippen molar-refractivity contribution in [1.82, 2.24) is 4.72 Å². The number of furan rings is 1. The van der Waals surface area contributed by atoms with E-state index in [-0.39, 0.29) is 17.7 Å². The van der Waals surface area contributed by atoms with Gasteiger partial charge in [-0.3, -0.25) is 10.1 Å². The van der Waals surface area contributed by atoms with Crippen molar-refractivity contribution in [3.63, 3.8) is 0 Å². The Morgan fingerprint density at radius 2 is 1.93 bits per heavy atom. The molecule has 0 unspecified atom stereocenters. The number of rotatable bonds is 8. The van der Waals surface area contributed by atoms with E-state index in [0.29, 0.717) is 16.7 Å². The zero-order valence-electron chi connectivity index (χ0n) is 15.5. The van der Waals surface area contributed by atoms with Gasteiger partial charge in [0.05, 0.1) is 22.9 Å². The highest BCUT2D eigenvalue weighted by molar-refractivity contribution is 7.88. The molecule has 0 radical (unpaired) electrons. The number of fused-ring (bicyclic) bond motifs is 1. The minimum Gasteiger partial charge on any atom is -0.464 e. The lowest BCUT2D eigenvalue weighted by molar-refractivity contribution is -0.385. The number of benzene rings is 2. The van der Waals surface area contributed by atoms with Gasteiger partial charge in [-0.15, -0.1) is 0 Å². The van der Waals surface area contributed by atoms with E-state index in [9.17, 15) is 28.6 Å². The fourth-order valence-corrected chi connectivity index (χ4v) is 4.51. The largest absolute Gasteiger partial charge is 0.471 e. The smallest absolute Gasteiger partial charge is 0.464 e. The van der Waals surface area contributed by atoms with E-state index in [2.05, 4.69) is 4.72 Å². The Bertz CT molecular complexity index is 1140. The average Bonchev–Trinajstić information content (AvgIpc) is 3.03. The summed E-state index contributed by atoms with van der Waals surface area (Å²) >= 11 is 0. The van der Waals surface area contributed by atoms with E-state index in [4.69, 9.17) is 4.42 Å². The lowest BCUT2D eigenvalue weighted by Gasteiger charge is -2.17. The van der Waals surface area contributed by atoms with E-state index in [0.717, 1.165) is 5.39 Å². The first-order valence-electron chi connectivity index (χ1n) is 8.71. The normalized spacial score (nSPS) is 12.8. The van der Waals surface area contributed by atoms with Gasteiger partial charge in [0.1, 0.15) is 5.58 Å². The Balaban J connectivity index is 1.83. The molecule has 3 aromatic rings. The summed E-state index contributed by atoms with van der Waals surface area (Å²) in [5.41, 5.74) is 1.56. The molecular weight excluding hydrogens is 399 g/mol. The highest BCUT2D eigenvalue weighted by Gasteiger charge is 2.31. The number of nitrogens with one attached hydrogen (secondary N) is 1. The number of hydrogen-bond donors (Lipinski definition) is 3. The molecule has 9 nitrogen and oxygen atoms in total. The molecule has 3 N–H and O–H groups in total. The molecule has 1 heterocycles. The third-order valence-electron chi connectivity index (χ3n) is 4.47. The van der Waals surface area contributed by atoms with Crippen LogP contribution in [0.2, 0.25) is 0 Å². The van der Waals surface area contributed by atoms with Crippen molar-refractivity contribution in [1.29, 1.82) is 0 Å². The average molecular weight is 418 g/mol. The highest BCUT2D eigenvalue weighted by atomic mass is 32.2. The highest BCUT2D eigenvalue weighted by Crippen LogP contribution is 2.24. The molecule has 0 bridgehead atoms. The molecule has 0 saturated heterocycles. The summed E-state index contributed by atoms with van der Waals surface area (Å²) in [5.74, 6) is -1.93.